The van der Waals surface area contributed by atoms with E-state index >= 15 is 0 Å². The van der Waals surface area contributed by atoms with Gasteiger partial charge in [-0.1, -0.05) is 0 Å². The van der Waals surface area contributed by atoms with E-state index in [2.05, 4.69) is 15.5 Å². The Balaban J connectivity index is 2.49. The lowest BCUT2D eigenvalue weighted by molar-refractivity contribution is 0.321. The standard InChI is InChI=1S/C7H9N3O2/c11-7-6-5(4-9-10-7)12-3-1-2-8-6/h4,8H,1-3H2,(H,10,11). The van der Waals surface area contributed by atoms with Crippen molar-refractivity contribution in [2.75, 3.05) is 18.5 Å². The van der Waals surface area contributed by atoms with Crippen molar-refractivity contribution in [1.29, 1.82) is 0 Å². The van der Waals surface area contributed by atoms with E-state index in [1.54, 1.807) is 0 Å². The van der Waals surface area contributed by atoms with Crippen LogP contribution in [0.2, 0.25) is 0 Å². The van der Waals surface area contributed by atoms with Crippen LogP contribution in [-0.2, 0) is 0 Å². The molecular formula is C7H9N3O2. The van der Waals surface area contributed by atoms with Crippen molar-refractivity contribution in [3.63, 3.8) is 0 Å². The first-order valence-electron chi connectivity index (χ1n) is 3.82. The van der Waals surface area contributed by atoms with Crippen LogP contribution in [0.4, 0.5) is 5.69 Å². The number of aromatic amines is 1. The normalized spacial score (nSPS) is 15.3. The van der Waals surface area contributed by atoms with E-state index < -0.39 is 0 Å². The first kappa shape index (κ1) is 7.15. The van der Waals surface area contributed by atoms with Crippen LogP contribution in [0, 0.1) is 0 Å². The largest absolute Gasteiger partial charge is 0.489 e. The Hall–Kier alpha value is -1.52. The van der Waals surface area contributed by atoms with Gasteiger partial charge in [-0.05, 0) is 6.42 Å². The molecule has 12 heavy (non-hydrogen) atoms. The Morgan fingerprint density at radius 2 is 2.50 bits per heavy atom. The summed E-state index contributed by atoms with van der Waals surface area (Å²) in [4.78, 5) is 11.2. The fourth-order valence-electron chi connectivity index (χ4n) is 1.13. The molecule has 0 saturated heterocycles. The second-order valence-electron chi connectivity index (χ2n) is 2.57. The summed E-state index contributed by atoms with van der Waals surface area (Å²) in [6.07, 6.45) is 2.41. The van der Waals surface area contributed by atoms with Gasteiger partial charge in [0.1, 0.15) is 5.69 Å². The minimum atomic E-state index is -0.227. The molecule has 0 amide bonds. The molecule has 1 aliphatic heterocycles. The minimum absolute atomic E-state index is 0.227. The molecule has 5 nitrogen and oxygen atoms in total. The molecule has 0 spiro atoms. The topological polar surface area (TPSA) is 67.0 Å². The van der Waals surface area contributed by atoms with Gasteiger partial charge >= 0.3 is 0 Å². The maximum atomic E-state index is 11.2. The van der Waals surface area contributed by atoms with Gasteiger partial charge in [-0.2, -0.15) is 5.10 Å². The highest BCUT2D eigenvalue weighted by Gasteiger charge is 2.10. The molecule has 0 atom stereocenters. The molecule has 0 aromatic carbocycles. The molecule has 2 rings (SSSR count). The number of nitrogens with one attached hydrogen (secondary N) is 2. The Kier molecular flexibility index (Phi) is 1.69. The first-order chi connectivity index (χ1) is 5.88. The molecule has 2 N–H and O–H groups in total. The number of hydrogen-bond acceptors (Lipinski definition) is 4. The lowest BCUT2D eigenvalue weighted by Gasteiger charge is -2.03. The van der Waals surface area contributed by atoms with Gasteiger partial charge in [0, 0.05) is 6.54 Å². The number of ether oxygens (including phenoxy) is 1. The van der Waals surface area contributed by atoms with Gasteiger partial charge in [0.2, 0.25) is 0 Å². The second-order valence-corrected chi connectivity index (χ2v) is 2.57. The molecule has 5 heteroatoms. The van der Waals surface area contributed by atoms with Gasteiger partial charge in [0.25, 0.3) is 5.56 Å². The third-order valence-electron chi connectivity index (χ3n) is 1.70. The van der Waals surface area contributed by atoms with Crippen molar-refractivity contribution >= 4 is 5.69 Å². The molecule has 2 heterocycles. The molecule has 64 valence electrons. The van der Waals surface area contributed by atoms with Crippen molar-refractivity contribution in [2.24, 2.45) is 0 Å². The number of fused-ring (bicyclic) bond motifs is 1. The van der Waals surface area contributed by atoms with Crippen LogP contribution in [0.25, 0.3) is 0 Å². The molecule has 0 fully saturated rings. The predicted octanol–water partition coefficient (Wildman–Crippen LogP) is -0.0357. The first-order valence-corrected chi connectivity index (χ1v) is 3.82. The van der Waals surface area contributed by atoms with Crippen molar-refractivity contribution in [2.45, 2.75) is 6.42 Å². The fraction of sp³-hybridized carbons (Fsp3) is 0.429. The highest BCUT2D eigenvalue weighted by Crippen LogP contribution is 2.19. The average molecular weight is 167 g/mol. The van der Waals surface area contributed by atoms with Gasteiger partial charge in [-0.15, -0.1) is 0 Å². The Morgan fingerprint density at radius 3 is 3.42 bits per heavy atom. The molecule has 1 aromatic heterocycles. The smallest absolute Gasteiger partial charge is 0.291 e. The van der Waals surface area contributed by atoms with Gasteiger partial charge < -0.3 is 10.1 Å². The number of rotatable bonds is 0. The minimum Gasteiger partial charge on any atom is -0.489 e. The maximum absolute atomic E-state index is 11.2. The van der Waals surface area contributed by atoms with E-state index in [9.17, 15) is 4.79 Å². The van der Waals surface area contributed by atoms with Crippen molar-refractivity contribution in [1.82, 2.24) is 10.2 Å². The van der Waals surface area contributed by atoms with Crippen LogP contribution in [0.3, 0.4) is 0 Å². The number of anilines is 1. The number of aromatic nitrogens is 2. The zero-order chi connectivity index (χ0) is 8.39. The molecule has 0 unspecified atom stereocenters. The quantitative estimate of drug-likeness (QED) is 0.569. The van der Waals surface area contributed by atoms with Gasteiger partial charge in [-0.25, -0.2) is 5.10 Å². The highest BCUT2D eigenvalue weighted by atomic mass is 16.5. The molecular weight excluding hydrogens is 158 g/mol. The summed E-state index contributed by atoms with van der Waals surface area (Å²) in [6.45, 7) is 1.39. The number of nitrogens with zero attached hydrogens (tertiary/aromatic N) is 1. The average Bonchev–Trinajstić information content (AvgIpc) is 2.30. The summed E-state index contributed by atoms with van der Waals surface area (Å²) in [5, 5.41) is 8.96. The third kappa shape index (κ3) is 1.13. The second kappa shape index (κ2) is 2.84. The molecule has 0 saturated carbocycles. The summed E-state index contributed by atoms with van der Waals surface area (Å²) >= 11 is 0. The summed E-state index contributed by atoms with van der Waals surface area (Å²) in [7, 11) is 0. The van der Waals surface area contributed by atoms with E-state index in [1.165, 1.54) is 6.20 Å². The number of hydrogen-bond donors (Lipinski definition) is 2. The van der Waals surface area contributed by atoms with Crippen LogP contribution >= 0.6 is 0 Å². The van der Waals surface area contributed by atoms with E-state index in [0.29, 0.717) is 18.0 Å². The maximum Gasteiger partial charge on any atom is 0.291 e. The van der Waals surface area contributed by atoms with Crippen LogP contribution < -0.4 is 15.6 Å². The monoisotopic (exact) mass is 167 g/mol. The highest BCUT2D eigenvalue weighted by molar-refractivity contribution is 5.53. The van der Waals surface area contributed by atoms with Gasteiger partial charge in [0.05, 0.1) is 12.8 Å². The molecule has 0 radical (unpaired) electrons. The third-order valence-corrected chi connectivity index (χ3v) is 1.70. The molecule has 0 bridgehead atoms. The summed E-state index contributed by atoms with van der Waals surface area (Å²) < 4.78 is 5.28. The van der Waals surface area contributed by atoms with E-state index in [1.807, 2.05) is 0 Å². The van der Waals surface area contributed by atoms with Crippen LogP contribution in [0.15, 0.2) is 11.0 Å². The summed E-state index contributed by atoms with van der Waals surface area (Å²) in [5.41, 5.74) is 0.261. The lowest BCUT2D eigenvalue weighted by atomic mass is 10.4. The van der Waals surface area contributed by atoms with Gasteiger partial charge in [-0.3, -0.25) is 4.79 Å². The van der Waals surface area contributed by atoms with Crippen LogP contribution in [0.5, 0.6) is 5.75 Å². The lowest BCUT2D eigenvalue weighted by Crippen LogP contribution is -2.14. The van der Waals surface area contributed by atoms with Crippen molar-refractivity contribution < 1.29 is 4.74 Å². The van der Waals surface area contributed by atoms with E-state index in [-0.39, 0.29) is 5.56 Å². The molecule has 1 aromatic rings. The Labute approximate surface area is 68.8 Å². The van der Waals surface area contributed by atoms with Gasteiger partial charge in [0.15, 0.2) is 5.75 Å². The van der Waals surface area contributed by atoms with Crippen molar-refractivity contribution in [3.05, 3.63) is 16.6 Å². The number of H-pyrrole nitrogens is 1. The zero-order valence-electron chi connectivity index (χ0n) is 6.46. The molecule has 1 aliphatic rings. The van der Waals surface area contributed by atoms with E-state index in [0.717, 1.165) is 13.0 Å². The van der Waals surface area contributed by atoms with E-state index in [4.69, 9.17) is 4.74 Å². The summed E-state index contributed by atoms with van der Waals surface area (Å²) in [5.74, 6) is 0.538. The van der Waals surface area contributed by atoms with Crippen LogP contribution in [-0.4, -0.2) is 23.3 Å². The fourth-order valence-corrected chi connectivity index (χ4v) is 1.13. The zero-order valence-corrected chi connectivity index (χ0v) is 6.46. The van der Waals surface area contributed by atoms with Crippen LogP contribution in [0.1, 0.15) is 6.42 Å². The van der Waals surface area contributed by atoms with Crippen molar-refractivity contribution in [3.8, 4) is 5.75 Å². The predicted molar refractivity (Wildman–Crippen MR) is 43.5 cm³/mol. The SMILES string of the molecule is O=c1[nH]ncc2c1NCCCO2. The summed E-state index contributed by atoms with van der Waals surface area (Å²) in [6, 6.07) is 0. The molecule has 0 aliphatic carbocycles. The Morgan fingerprint density at radius 1 is 1.58 bits per heavy atom. The Bertz CT molecular complexity index is 334.